The van der Waals surface area contributed by atoms with Gasteiger partial charge in [-0.15, -0.1) is 11.6 Å². The highest BCUT2D eigenvalue weighted by molar-refractivity contribution is 6.38. The molecule has 0 spiro atoms. The molecule has 0 atom stereocenters. The van der Waals surface area contributed by atoms with Crippen molar-refractivity contribution in [3.8, 4) is 6.07 Å². The van der Waals surface area contributed by atoms with Gasteiger partial charge in [-0.2, -0.15) is 5.26 Å². The molecule has 1 rings (SSSR count). The molecule has 0 aliphatic rings. The lowest BCUT2D eigenvalue weighted by molar-refractivity contribution is 0.939. The van der Waals surface area contributed by atoms with Crippen LogP contribution in [0.3, 0.4) is 0 Å². The van der Waals surface area contributed by atoms with Gasteiger partial charge in [0.15, 0.2) is 0 Å². The second-order valence-corrected chi connectivity index (χ2v) is 4.33. The fraction of sp³-hybridized carbons (Fsp3) is 0.273. The van der Waals surface area contributed by atoms with Crippen LogP contribution in [-0.2, 0) is 0 Å². The highest BCUT2D eigenvalue weighted by Crippen LogP contribution is 2.19. The molecular formula is C11H11ClN2. The molecule has 0 unspecified atom stereocenters. The number of aliphatic imine (C=N–C) groups is 1. The van der Waals surface area contributed by atoms with Gasteiger partial charge < -0.3 is 0 Å². The van der Waals surface area contributed by atoms with Gasteiger partial charge in [-0.3, -0.25) is 0 Å². The summed E-state index contributed by atoms with van der Waals surface area (Å²) < 4.78 is 0. The molecule has 3 heteroatoms. The predicted octanol–water partition coefficient (Wildman–Crippen LogP) is 3.30. The molecule has 0 radical (unpaired) electrons. The van der Waals surface area contributed by atoms with E-state index in [9.17, 15) is 0 Å². The van der Waals surface area contributed by atoms with Crippen molar-refractivity contribution < 1.29 is 0 Å². The van der Waals surface area contributed by atoms with E-state index in [0.717, 1.165) is 5.69 Å². The van der Waals surface area contributed by atoms with Crippen LogP contribution in [0.5, 0.6) is 0 Å². The van der Waals surface area contributed by atoms with E-state index >= 15 is 0 Å². The molecule has 0 amide bonds. The molecule has 0 saturated heterocycles. The summed E-state index contributed by atoms with van der Waals surface area (Å²) in [5, 5.41) is 8.86. The van der Waals surface area contributed by atoms with E-state index in [0.29, 0.717) is 5.71 Å². The van der Waals surface area contributed by atoms with Crippen molar-refractivity contribution in [1.29, 1.82) is 5.26 Å². The summed E-state index contributed by atoms with van der Waals surface area (Å²) in [6, 6.07) is 11.3. The summed E-state index contributed by atoms with van der Waals surface area (Å²) in [5.74, 6) is 0. The number of nitrogens with zero attached hydrogens (tertiary/aromatic N) is 2. The fourth-order valence-electron chi connectivity index (χ4n) is 0.922. The third-order valence-corrected chi connectivity index (χ3v) is 1.85. The Morgan fingerprint density at radius 2 is 1.93 bits per heavy atom. The number of nitriles is 1. The normalized spacial score (nSPS) is 12.3. The first-order valence-corrected chi connectivity index (χ1v) is 4.65. The summed E-state index contributed by atoms with van der Waals surface area (Å²) in [6.45, 7) is 3.50. The van der Waals surface area contributed by atoms with Crippen molar-refractivity contribution in [3.63, 3.8) is 0 Å². The lowest BCUT2D eigenvalue weighted by atomic mass is 10.1. The van der Waals surface area contributed by atoms with E-state index in [-0.39, 0.29) is 0 Å². The highest BCUT2D eigenvalue weighted by atomic mass is 35.5. The molecule has 0 aliphatic carbocycles. The van der Waals surface area contributed by atoms with Gasteiger partial charge in [-0.1, -0.05) is 18.2 Å². The Hall–Kier alpha value is -1.33. The molecule has 0 fully saturated rings. The van der Waals surface area contributed by atoms with Crippen LogP contribution in [-0.4, -0.2) is 10.6 Å². The van der Waals surface area contributed by atoms with Crippen molar-refractivity contribution in [2.75, 3.05) is 0 Å². The van der Waals surface area contributed by atoms with Gasteiger partial charge in [-0.25, -0.2) is 4.99 Å². The van der Waals surface area contributed by atoms with E-state index in [1.54, 1.807) is 13.8 Å². The monoisotopic (exact) mass is 206 g/mol. The van der Waals surface area contributed by atoms with E-state index in [4.69, 9.17) is 16.9 Å². The maximum Gasteiger partial charge on any atom is 0.138 e. The quantitative estimate of drug-likeness (QED) is 0.540. The van der Waals surface area contributed by atoms with E-state index in [1.807, 2.05) is 36.4 Å². The highest BCUT2D eigenvalue weighted by Gasteiger charge is 2.21. The zero-order chi connectivity index (χ0) is 10.6. The minimum absolute atomic E-state index is 0.324. The average Bonchev–Trinajstić information content (AvgIpc) is 2.14. The summed E-state index contributed by atoms with van der Waals surface area (Å²) in [4.78, 5) is 3.45. The molecular weight excluding hydrogens is 196 g/mol. The SMILES string of the molecule is CC(C)(Cl)C(C#N)=Nc1ccccc1. The number of hydrogen-bond acceptors (Lipinski definition) is 2. The van der Waals surface area contributed by atoms with Crippen molar-refractivity contribution in [2.24, 2.45) is 4.99 Å². The largest absolute Gasteiger partial charge is 0.240 e. The summed E-state index contributed by atoms with van der Waals surface area (Å²) >= 11 is 6.00. The van der Waals surface area contributed by atoms with E-state index in [2.05, 4.69) is 4.99 Å². The number of hydrogen-bond donors (Lipinski definition) is 0. The van der Waals surface area contributed by atoms with Crippen LogP contribution in [0.15, 0.2) is 35.3 Å². The Morgan fingerprint density at radius 3 is 2.36 bits per heavy atom. The molecule has 0 aliphatic heterocycles. The van der Waals surface area contributed by atoms with Gasteiger partial charge in [0.1, 0.15) is 11.8 Å². The van der Waals surface area contributed by atoms with Crippen molar-refractivity contribution in [1.82, 2.24) is 0 Å². The predicted molar refractivity (Wildman–Crippen MR) is 59.1 cm³/mol. The number of halogens is 1. The lowest BCUT2D eigenvalue weighted by Gasteiger charge is -2.12. The summed E-state index contributed by atoms with van der Waals surface area (Å²) in [5.41, 5.74) is 1.07. The van der Waals surface area contributed by atoms with Crippen LogP contribution in [0.4, 0.5) is 5.69 Å². The molecule has 0 bridgehead atoms. The molecule has 1 aromatic rings. The van der Waals surface area contributed by atoms with Gasteiger partial charge in [0.05, 0.1) is 10.6 Å². The van der Waals surface area contributed by atoms with Gasteiger partial charge in [0, 0.05) is 0 Å². The first-order valence-electron chi connectivity index (χ1n) is 4.27. The zero-order valence-corrected chi connectivity index (χ0v) is 8.92. The second kappa shape index (κ2) is 4.26. The lowest BCUT2D eigenvalue weighted by Crippen LogP contribution is -2.22. The summed E-state index contributed by atoms with van der Waals surface area (Å²) in [7, 11) is 0. The third kappa shape index (κ3) is 2.86. The molecule has 0 saturated carbocycles. The van der Waals surface area contributed by atoms with Gasteiger partial charge in [-0.05, 0) is 26.0 Å². The fourth-order valence-corrected chi connectivity index (χ4v) is 1.01. The van der Waals surface area contributed by atoms with Gasteiger partial charge >= 0.3 is 0 Å². The zero-order valence-electron chi connectivity index (χ0n) is 8.16. The Kier molecular flexibility index (Phi) is 3.27. The van der Waals surface area contributed by atoms with Crippen molar-refractivity contribution in [2.45, 2.75) is 18.7 Å². The molecule has 0 N–H and O–H groups in total. The third-order valence-electron chi connectivity index (χ3n) is 1.67. The maximum atomic E-state index is 8.86. The molecule has 1 aromatic carbocycles. The molecule has 0 aromatic heterocycles. The standard InChI is InChI=1S/C11H11ClN2/c1-11(2,12)10(8-13)14-9-6-4-3-5-7-9/h3-7H,1-2H3. The Morgan fingerprint density at radius 1 is 1.36 bits per heavy atom. The van der Waals surface area contributed by atoms with Crippen LogP contribution in [0.25, 0.3) is 0 Å². The van der Waals surface area contributed by atoms with E-state index in [1.165, 1.54) is 0 Å². The first kappa shape index (κ1) is 10.7. The number of rotatable bonds is 2. The molecule has 2 nitrogen and oxygen atoms in total. The first-order chi connectivity index (χ1) is 6.54. The Labute approximate surface area is 88.8 Å². The number of alkyl halides is 1. The van der Waals surface area contributed by atoms with Crippen LogP contribution >= 0.6 is 11.6 Å². The van der Waals surface area contributed by atoms with Crippen LogP contribution < -0.4 is 0 Å². The molecule has 72 valence electrons. The molecule has 14 heavy (non-hydrogen) atoms. The Bertz CT molecular complexity index is 369. The number of benzene rings is 1. The van der Waals surface area contributed by atoms with Gasteiger partial charge in [0.2, 0.25) is 0 Å². The minimum atomic E-state index is -0.718. The van der Waals surface area contributed by atoms with E-state index < -0.39 is 4.87 Å². The van der Waals surface area contributed by atoms with Crippen LogP contribution in [0.1, 0.15) is 13.8 Å². The minimum Gasteiger partial charge on any atom is -0.240 e. The smallest absolute Gasteiger partial charge is 0.138 e. The van der Waals surface area contributed by atoms with Crippen LogP contribution in [0.2, 0.25) is 0 Å². The van der Waals surface area contributed by atoms with Crippen molar-refractivity contribution in [3.05, 3.63) is 30.3 Å². The Balaban J connectivity index is 3.04. The van der Waals surface area contributed by atoms with Crippen LogP contribution in [0, 0.1) is 11.3 Å². The van der Waals surface area contributed by atoms with Gasteiger partial charge in [0.25, 0.3) is 0 Å². The van der Waals surface area contributed by atoms with Crippen molar-refractivity contribution >= 4 is 23.0 Å². The maximum absolute atomic E-state index is 8.86. The topological polar surface area (TPSA) is 36.1 Å². The average molecular weight is 207 g/mol. The number of para-hydroxylation sites is 1. The summed E-state index contributed by atoms with van der Waals surface area (Å²) in [6.07, 6.45) is 0. The second-order valence-electron chi connectivity index (χ2n) is 3.38. The molecule has 0 heterocycles.